The molecule has 0 aliphatic rings. The number of hydrogen-bond donors (Lipinski definition) is 5. The summed E-state index contributed by atoms with van der Waals surface area (Å²) in [7, 11) is 21.9. The van der Waals surface area contributed by atoms with E-state index in [1.54, 1.807) is 108 Å². The zero-order valence-corrected chi connectivity index (χ0v) is 71.9. The number of thioether (sulfide) groups is 2. The fraction of sp³-hybridized carbons (Fsp3) is 0.295. The number of ether oxygens (including phenoxy) is 8. The van der Waals surface area contributed by atoms with Crippen molar-refractivity contribution in [3.05, 3.63) is 344 Å². The largest absolute Gasteiger partial charge is 0.497 e. The van der Waals surface area contributed by atoms with Crippen molar-refractivity contribution in [3.63, 3.8) is 0 Å². The molecule has 0 unspecified atom stereocenters. The van der Waals surface area contributed by atoms with Gasteiger partial charge in [0.1, 0.15) is 19.1 Å². The highest BCUT2D eigenvalue weighted by Gasteiger charge is 2.04. The molecule has 10 rings (SSSR count). The smallest absolute Gasteiger partial charge is 0.407 e. The summed E-state index contributed by atoms with van der Waals surface area (Å²) in [6.07, 6.45) is 12.1. The zero-order chi connectivity index (χ0) is 87.0. The van der Waals surface area contributed by atoms with E-state index >= 15 is 0 Å². The van der Waals surface area contributed by atoms with Gasteiger partial charge >= 0.3 is 24.2 Å². The number of benzene rings is 8. The summed E-state index contributed by atoms with van der Waals surface area (Å²) in [5.41, 5.74) is 8.50. The third-order valence-electron chi connectivity index (χ3n) is 13.7. The van der Waals surface area contributed by atoms with Gasteiger partial charge in [-0.3, -0.25) is 14.4 Å². The number of nitrogens with zero attached hydrogens (tertiary/aromatic N) is 5. The van der Waals surface area contributed by atoms with E-state index in [9.17, 15) is 28.8 Å². The van der Waals surface area contributed by atoms with Gasteiger partial charge in [0.2, 0.25) is 5.91 Å². The Bertz CT molecular complexity index is 3930. The van der Waals surface area contributed by atoms with E-state index in [0.717, 1.165) is 44.7 Å². The number of hydrogen-bond acceptors (Lipinski definition) is 21. The van der Waals surface area contributed by atoms with Gasteiger partial charge < -0.3 is 74.3 Å². The maximum Gasteiger partial charge on any atom is 0.407 e. The van der Waals surface area contributed by atoms with Crippen LogP contribution in [0.15, 0.2) is 315 Å². The van der Waals surface area contributed by atoms with Crippen LogP contribution < -0.4 is 36.2 Å². The van der Waals surface area contributed by atoms with Crippen LogP contribution in [0, 0.1) is 0 Å². The number of aromatic nitrogens is 3. The highest BCUT2D eigenvalue weighted by atomic mass is 32.2. The van der Waals surface area contributed by atoms with Gasteiger partial charge in [0.15, 0.2) is 5.16 Å². The molecule has 2 aromatic heterocycles. The van der Waals surface area contributed by atoms with Crippen LogP contribution in [0.5, 0.6) is 5.75 Å². The molecule has 0 saturated heterocycles. The van der Waals surface area contributed by atoms with Crippen LogP contribution in [-0.2, 0) is 81.9 Å². The number of methoxy groups -OCH3 is 6. The van der Waals surface area contributed by atoms with Crippen LogP contribution in [-0.4, -0.2) is 180 Å². The minimum Gasteiger partial charge on any atom is -0.497 e. The zero-order valence-electron chi connectivity index (χ0n) is 70.3. The van der Waals surface area contributed by atoms with Gasteiger partial charge in [-0.25, -0.2) is 29.3 Å². The quantitative estimate of drug-likeness (QED) is 0.00756. The number of alkyl carbamates (subject to hydrolysis) is 3. The van der Waals surface area contributed by atoms with Crippen LogP contribution in [0.1, 0.15) is 73.4 Å². The number of rotatable bonds is 23. The molecule has 121 heavy (non-hydrogen) atoms. The van der Waals surface area contributed by atoms with E-state index < -0.39 is 18.3 Å². The van der Waals surface area contributed by atoms with Crippen molar-refractivity contribution in [2.45, 2.75) is 79.0 Å². The summed E-state index contributed by atoms with van der Waals surface area (Å²) >= 11 is 3.20. The number of esters is 1. The SMILES string of the molecule is C.C.C.C.C=CCNC(=O)OC.C=CCOC.CN(C)Cc1ccccc1.CN(C)c1ccccc1.CNC(=O)Cc1ccccc1.CNC(=O)OCc1ccccc1.CNC(=O)c1ccccc1.COC(=O)Cc1ccc(OC)cc1.COC(=O)NCc1ccccc1.COCOCc1ccccc1.CSc1ccccn1.CSc1ncccn1. The first-order valence-corrected chi connectivity index (χ1v) is 38.9. The Morgan fingerprint density at radius 1 is 0.430 bits per heavy atom. The maximum absolute atomic E-state index is 10.9. The molecular formula is C95H136N10O14S2. The first-order chi connectivity index (χ1) is 56.7. The Morgan fingerprint density at radius 3 is 1.24 bits per heavy atom. The molecule has 2 heterocycles. The van der Waals surface area contributed by atoms with Crippen molar-refractivity contribution in [2.24, 2.45) is 0 Å². The van der Waals surface area contributed by atoms with Gasteiger partial charge in [-0.15, -0.1) is 24.9 Å². The number of pyridine rings is 1. The first-order valence-electron chi connectivity index (χ1n) is 36.5. The van der Waals surface area contributed by atoms with Crippen molar-refractivity contribution in [1.82, 2.24) is 46.4 Å². The summed E-state index contributed by atoms with van der Waals surface area (Å²) in [6.45, 7) is 10.8. The fourth-order valence-electron chi connectivity index (χ4n) is 7.92. The molecule has 0 saturated carbocycles. The molecule has 0 atom stereocenters. The van der Waals surface area contributed by atoms with Gasteiger partial charge in [0.25, 0.3) is 5.91 Å². The van der Waals surface area contributed by atoms with Gasteiger partial charge in [-0.2, -0.15) is 0 Å². The maximum atomic E-state index is 10.9. The minimum absolute atomic E-state index is 0. The number of amides is 5. The molecule has 0 bridgehead atoms. The fourth-order valence-corrected chi connectivity index (χ4v) is 8.63. The molecule has 26 heteroatoms. The normalized spacial score (nSPS) is 8.83. The second kappa shape index (κ2) is 85.7. The first kappa shape index (κ1) is 120. The predicted molar refractivity (Wildman–Crippen MR) is 501 cm³/mol. The molecule has 10 aromatic rings. The Kier molecular flexibility index (Phi) is 84.8. The number of para-hydroxylation sites is 1. The summed E-state index contributed by atoms with van der Waals surface area (Å²) in [6, 6.07) is 83.7. The number of likely N-dealkylation sites (N-methyl/N-ethyl adjacent to an activating group) is 1. The Labute approximate surface area is 732 Å². The molecule has 0 spiro atoms. The lowest BCUT2D eigenvalue weighted by atomic mass is 10.1. The molecule has 662 valence electrons. The molecule has 5 N–H and O–H groups in total. The summed E-state index contributed by atoms with van der Waals surface area (Å²) in [5.74, 6) is 0.565. The van der Waals surface area contributed by atoms with Gasteiger partial charge in [0.05, 0.1) is 59.5 Å². The van der Waals surface area contributed by atoms with Crippen LogP contribution in [0.4, 0.5) is 20.1 Å². The minimum atomic E-state index is -0.426. The van der Waals surface area contributed by atoms with Crippen LogP contribution in [0.2, 0.25) is 0 Å². The summed E-state index contributed by atoms with van der Waals surface area (Å²) in [5, 5.41) is 14.4. The van der Waals surface area contributed by atoms with E-state index in [2.05, 4.69) is 134 Å². The van der Waals surface area contributed by atoms with Gasteiger partial charge in [-0.1, -0.05) is 260 Å². The molecule has 0 aliphatic carbocycles. The Balaban J connectivity index is -0.000000299. The van der Waals surface area contributed by atoms with Crippen molar-refractivity contribution < 1.29 is 66.7 Å². The van der Waals surface area contributed by atoms with Crippen molar-refractivity contribution in [2.75, 3.05) is 129 Å². The van der Waals surface area contributed by atoms with Crippen LogP contribution in [0.3, 0.4) is 0 Å². The molecule has 0 aliphatic heterocycles. The van der Waals surface area contributed by atoms with E-state index in [0.29, 0.717) is 58.1 Å². The van der Waals surface area contributed by atoms with E-state index in [1.165, 1.54) is 45.2 Å². The second-order valence-corrected chi connectivity index (χ2v) is 24.8. The van der Waals surface area contributed by atoms with Crippen LogP contribution >= 0.6 is 23.5 Å². The van der Waals surface area contributed by atoms with Crippen molar-refractivity contribution >= 4 is 65.3 Å². The molecule has 5 amide bonds. The molecule has 0 radical (unpaired) electrons. The highest BCUT2D eigenvalue weighted by Crippen LogP contribution is 2.13. The topological polar surface area (TPSA) is 282 Å². The summed E-state index contributed by atoms with van der Waals surface area (Å²) in [4.78, 5) is 80.4. The molecular weight excluding hydrogens is 1570 g/mol. The standard InChI is InChI=1S/C10H12O3.2C9H11NO2.C9H11NO.C9H13N.C9H12O2.C8H9NO.C8H11N.C6H7NS.C5H6N2S.C5H9NO2.C4H8O.4CH4/c1-12-9-5-3-8(4-6-9)7-10(11)13-2;1-12-9(11)10-7-8-5-3-2-4-6-8;1-10-9(11)12-7-8-5-3-2-4-6-8;1-10-9(11)7-8-5-3-2-4-6-8;1-10(2)8-9-6-4-3-5-7-9;1-10-8-11-7-9-5-3-2-4-6-9;1-9-8(10)7-5-3-2-4-6-7;1-9(2)8-6-4-3-5-7-8;1-8-6-4-2-3-5-7-6;1-8-5-6-3-2-4-7-5;1-3-4-6-5(7)8-2;1-3-4-5-2;;;;/h3-6H,7H2,1-2H3;2*2-6H,7H2,1H3,(H,10,11);2-6H,7H2,1H3,(H,10,11);3-7H,8H2,1-2H3;2-6H,7-8H2,1H3;2-6H,1H3,(H,9,10);3-7H,1-2H3;2-5H,1H3;2-4H,1H3;3H,1,4H2,2H3,(H,6,7);3H,1,4H2,2H3;4*1H4. The average molecular weight is 1710 g/mol. The lowest BCUT2D eigenvalue weighted by Gasteiger charge is -2.10. The summed E-state index contributed by atoms with van der Waals surface area (Å²) < 4.78 is 37.5. The predicted octanol–water partition coefficient (Wildman–Crippen LogP) is 18.7. The Morgan fingerprint density at radius 2 is 0.876 bits per heavy atom. The third kappa shape index (κ3) is 72.8. The van der Waals surface area contributed by atoms with Crippen molar-refractivity contribution in [3.8, 4) is 5.75 Å². The Hall–Kier alpha value is -12.2. The lowest BCUT2D eigenvalue weighted by Crippen LogP contribution is -2.22. The molecule has 8 aromatic carbocycles. The van der Waals surface area contributed by atoms with E-state index in [1.807, 2.05) is 233 Å². The van der Waals surface area contributed by atoms with Gasteiger partial charge in [-0.05, 0) is 115 Å². The third-order valence-corrected chi connectivity index (χ3v) is 15.0. The monoisotopic (exact) mass is 1700 g/mol. The second-order valence-electron chi connectivity index (χ2n) is 23.2. The van der Waals surface area contributed by atoms with E-state index in [4.69, 9.17) is 18.9 Å². The van der Waals surface area contributed by atoms with Gasteiger partial charge in [0, 0.05) is 98.9 Å². The number of anilines is 1. The van der Waals surface area contributed by atoms with Crippen molar-refractivity contribution in [1.29, 1.82) is 0 Å². The number of carbonyl (C=O) groups is 6. The number of carbonyl (C=O) groups excluding carboxylic acids is 6. The lowest BCUT2D eigenvalue weighted by molar-refractivity contribution is -0.139. The van der Waals surface area contributed by atoms with Crippen LogP contribution in [0.25, 0.3) is 0 Å². The molecule has 24 nitrogen and oxygen atoms in total. The number of nitrogens with one attached hydrogen (secondary N) is 5. The van der Waals surface area contributed by atoms with E-state index in [-0.39, 0.29) is 47.5 Å². The highest BCUT2D eigenvalue weighted by molar-refractivity contribution is 7.98. The molecule has 0 fully saturated rings. The average Bonchev–Trinajstić information content (AvgIpc) is 0.933.